The van der Waals surface area contributed by atoms with Crippen molar-refractivity contribution >= 4 is 12.0 Å². The van der Waals surface area contributed by atoms with Crippen LogP contribution in [0.4, 0.5) is 10.1 Å². The van der Waals surface area contributed by atoms with E-state index in [0.717, 1.165) is 0 Å². The second-order valence-electron chi connectivity index (χ2n) is 4.46. The number of carbonyl (C=O) groups excluding carboxylic acids is 1. The van der Waals surface area contributed by atoms with Gasteiger partial charge in [0.05, 0.1) is 16.9 Å². The molecule has 4 heteroatoms. The van der Waals surface area contributed by atoms with Crippen LogP contribution in [0.15, 0.2) is 18.2 Å². The third-order valence-corrected chi connectivity index (χ3v) is 2.18. The van der Waals surface area contributed by atoms with E-state index in [-0.39, 0.29) is 5.56 Å². The fraction of sp³-hybridized carbons (Fsp3) is 0.417. The van der Waals surface area contributed by atoms with E-state index in [1.165, 1.54) is 6.07 Å². The van der Waals surface area contributed by atoms with Gasteiger partial charge in [-0.15, -0.1) is 0 Å². The first-order chi connectivity index (χ1) is 7.35. The fourth-order valence-corrected chi connectivity index (χ4v) is 1.64. The molecule has 1 aromatic carbocycles. The molecular weight excluding hydrogens is 209 g/mol. The van der Waals surface area contributed by atoms with Crippen molar-refractivity contribution in [2.75, 3.05) is 18.5 Å². The van der Waals surface area contributed by atoms with Crippen molar-refractivity contribution in [1.29, 1.82) is 0 Å². The van der Waals surface area contributed by atoms with Crippen molar-refractivity contribution in [3.63, 3.8) is 0 Å². The molecule has 0 aliphatic carbocycles. The summed E-state index contributed by atoms with van der Waals surface area (Å²) in [5.74, 6) is -0.546. The van der Waals surface area contributed by atoms with Gasteiger partial charge in [0.25, 0.3) is 0 Å². The smallest absolute Gasteiger partial charge is 0.155 e. The zero-order chi connectivity index (χ0) is 12.3. The molecule has 0 radical (unpaired) electrons. The molecule has 0 heterocycles. The molecule has 0 aliphatic rings. The molecule has 0 aromatic heterocycles. The van der Waals surface area contributed by atoms with Crippen LogP contribution in [0.5, 0.6) is 0 Å². The third kappa shape index (κ3) is 3.03. The average molecular weight is 225 g/mol. The first-order valence-electron chi connectivity index (χ1n) is 5.02. The Balaban J connectivity index is 3.04. The van der Waals surface area contributed by atoms with E-state index in [4.69, 9.17) is 0 Å². The number of rotatable bonds is 4. The zero-order valence-electron chi connectivity index (χ0n) is 9.70. The molecule has 0 atom stereocenters. The summed E-state index contributed by atoms with van der Waals surface area (Å²) >= 11 is 0. The number of hydrogen-bond donors (Lipinski definition) is 1. The van der Waals surface area contributed by atoms with Gasteiger partial charge in [-0.2, -0.15) is 0 Å². The van der Waals surface area contributed by atoms with Crippen molar-refractivity contribution in [3.05, 3.63) is 29.6 Å². The summed E-state index contributed by atoms with van der Waals surface area (Å²) in [7, 11) is 1.71. The van der Waals surface area contributed by atoms with Gasteiger partial charge in [-0.3, -0.25) is 4.79 Å². The Morgan fingerprint density at radius 2 is 2.12 bits per heavy atom. The van der Waals surface area contributed by atoms with E-state index in [9.17, 15) is 14.3 Å². The van der Waals surface area contributed by atoms with Crippen LogP contribution in [0.1, 0.15) is 24.2 Å². The Morgan fingerprint density at radius 1 is 1.50 bits per heavy atom. The maximum Gasteiger partial charge on any atom is 0.155 e. The molecule has 0 aliphatic heterocycles. The Labute approximate surface area is 94.5 Å². The van der Waals surface area contributed by atoms with Crippen molar-refractivity contribution in [1.82, 2.24) is 0 Å². The molecule has 0 unspecified atom stereocenters. The number of hydrogen-bond acceptors (Lipinski definition) is 3. The summed E-state index contributed by atoms with van der Waals surface area (Å²) < 4.78 is 13.3. The van der Waals surface area contributed by atoms with Crippen molar-refractivity contribution in [2.45, 2.75) is 19.4 Å². The number of benzene rings is 1. The third-order valence-electron chi connectivity index (χ3n) is 2.18. The summed E-state index contributed by atoms with van der Waals surface area (Å²) in [6, 6.07) is 4.43. The largest absolute Gasteiger partial charge is 0.389 e. The lowest BCUT2D eigenvalue weighted by atomic mass is 10.1. The molecule has 1 aromatic rings. The van der Waals surface area contributed by atoms with Crippen LogP contribution in [0.3, 0.4) is 0 Å². The standard InChI is InChI=1S/C12H16FNO2/c1-12(2,16)8-14(3)11-6-4-5-10(13)9(11)7-15/h4-7,16H,8H2,1-3H3. The molecule has 0 bridgehead atoms. The SMILES string of the molecule is CN(CC(C)(C)O)c1cccc(F)c1C=O. The highest BCUT2D eigenvalue weighted by molar-refractivity contribution is 5.84. The van der Waals surface area contributed by atoms with Gasteiger partial charge >= 0.3 is 0 Å². The molecule has 1 rings (SSSR count). The second kappa shape index (κ2) is 4.61. The van der Waals surface area contributed by atoms with Gasteiger partial charge < -0.3 is 10.0 Å². The van der Waals surface area contributed by atoms with Crippen LogP contribution >= 0.6 is 0 Å². The van der Waals surface area contributed by atoms with Crippen LogP contribution in [0, 0.1) is 5.82 Å². The Hall–Kier alpha value is -1.42. The lowest BCUT2D eigenvalue weighted by molar-refractivity contribution is 0.0884. The summed E-state index contributed by atoms with van der Waals surface area (Å²) in [6.45, 7) is 3.63. The van der Waals surface area contributed by atoms with Crippen molar-refractivity contribution in [3.8, 4) is 0 Å². The van der Waals surface area contributed by atoms with Crippen LogP contribution in [0.25, 0.3) is 0 Å². The van der Waals surface area contributed by atoms with Crippen LogP contribution in [0.2, 0.25) is 0 Å². The van der Waals surface area contributed by atoms with Crippen LogP contribution in [-0.4, -0.2) is 30.6 Å². The lowest BCUT2D eigenvalue weighted by Gasteiger charge is -2.28. The monoisotopic (exact) mass is 225 g/mol. The number of aldehydes is 1. The fourth-order valence-electron chi connectivity index (χ4n) is 1.64. The first-order valence-corrected chi connectivity index (χ1v) is 5.02. The van der Waals surface area contributed by atoms with E-state index in [0.29, 0.717) is 18.5 Å². The van der Waals surface area contributed by atoms with E-state index >= 15 is 0 Å². The molecule has 0 amide bonds. The van der Waals surface area contributed by atoms with Gasteiger partial charge in [-0.05, 0) is 26.0 Å². The predicted octanol–water partition coefficient (Wildman–Crippen LogP) is 1.85. The molecule has 3 nitrogen and oxygen atoms in total. The number of aliphatic hydroxyl groups is 1. The highest BCUT2D eigenvalue weighted by Crippen LogP contribution is 2.21. The van der Waals surface area contributed by atoms with Crippen LogP contribution in [-0.2, 0) is 0 Å². The Bertz CT molecular complexity index is 385. The molecular formula is C12H16FNO2. The summed E-state index contributed by atoms with van der Waals surface area (Å²) in [5, 5.41) is 9.66. The average Bonchev–Trinajstić information content (AvgIpc) is 2.14. The Kier molecular flexibility index (Phi) is 3.65. The second-order valence-corrected chi connectivity index (χ2v) is 4.46. The number of halogens is 1. The van der Waals surface area contributed by atoms with Gasteiger partial charge in [-0.1, -0.05) is 6.07 Å². The maximum absolute atomic E-state index is 13.3. The minimum Gasteiger partial charge on any atom is -0.389 e. The molecule has 0 fully saturated rings. The maximum atomic E-state index is 13.3. The molecule has 0 spiro atoms. The molecule has 16 heavy (non-hydrogen) atoms. The molecule has 1 N–H and O–H groups in total. The van der Waals surface area contributed by atoms with E-state index < -0.39 is 11.4 Å². The van der Waals surface area contributed by atoms with E-state index in [2.05, 4.69) is 0 Å². The first kappa shape index (κ1) is 12.6. The number of carbonyl (C=O) groups is 1. The van der Waals surface area contributed by atoms with Gasteiger partial charge in [0, 0.05) is 13.6 Å². The lowest BCUT2D eigenvalue weighted by Crippen LogP contribution is -2.36. The van der Waals surface area contributed by atoms with Gasteiger partial charge in [0.2, 0.25) is 0 Å². The minimum absolute atomic E-state index is 0.0225. The quantitative estimate of drug-likeness (QED) is 0.795. The molecule has 0 saturated heterocycles. The highest BCUT2D eigenvalue weighted by atomic mass is 19.1. The summed E-state index contributed by atoms with van der Waals surface area (Å²) in [5.41, 5.74) is -0.396. The zero-order valence-corrected chi connectivity index (χ0v) is 9.70. The molecule has 0 saturated carbocycles. The van der Waals surface area contributed by atoms with Crippen molar-refractivity contribution in [2.24, 2.45) is 0 Å². The van der Waals surface area contributed by atoms with E-state index in [1.54, 1.807) is 37.9 Å². The highest BCUT2D eigenvalue weighted by Gasteiger charge is 2.18. The summed E-state index contributed by atoms with van der Waals surface area (Å²) in [4.78, 5) is 12.4. The normalized spacial score (nSPS) is 11.3. The van der Waals surface area contributed by atoms with Gasteiger partial charge in [-0.25, -0.2) is 4.39 Å². The minimum atomic E-state index is -0.902. The van der Waals surface area contributed by atoms with Gasteiger partial charge in [0.1, 0.15) is 5.82 Å². The molecule has 88 valence electrons. The number of anilines is 1. The van der Waals surface area contributed by atoms with Crippen molar-refractivity contribution < 1.29 is 14.3 Å². The van der Waals surface area contributed by atoms with Crippen LogP contribution < -0.4 is 4.90 Å². The number of likely N-dealkylation sites (N-methyl/N-ethyl adjacent to an activating group) is 1. The number of nitrogens with zero attached hydrogens (tertiary/aromatic N) is 1. The topological polar surface area (TPSA) is 40.5 Å². The predicted molar refractivity (Wildman–Crippen MR) is 61.4 cm³/mol. The summed E-state index contributed by atoms with van der Waals surface area (Å²) in [6.07, 6.45) is 0.492. The Morgan fingerprint density at radius 3 is 2.62 bits per heavy atom. The van der Waals surface area contributed by atoms with E-state index in [1.807, 2.05) is 0 Å². The van der Waals surface area contributed by atoms with Gasteiger partial charge in [0.15, 0.2) is 6.29 Å².